The first-order chi connectivity index (χ1) is 8.91. The highest BCUT2D eigenvalue weighted by Gasteiger charge is 2.24. The monoisotopic (exact) mass is 256 g/mol. The van der Waals surface area contributed by atoms with E-state index in [4.69, 9.17) is 0 Å². The number of carboxylic acids is 1. The minimum atomic E-state index is -1.10. The molecule has 0 saturated heterocycles. The van der Waals surface area contributed by atoms with E-state index in [1.807, 2.05) is 30.3 Å². The van der Waals surface area contributed by atoms with Crippen LogP contribution in [0.1, 0.15) is 29.8 Å². The highest BCUT2D eigenvalue weighted by molar-refractivity contribution is 5.97. The molecule has 0 saturated carbocycles. The average molecular weight is 256 g/mol. The summed E-state index contributed by atoms with van der Waals surface area (Å²) < 4.78 is 0. The topological polar surface area (TPSA) is 57.5 Å². The highest BCUT2D eigenvalue weighted by Crippen LogP contribution is 2.34. The van der Waals surface area contributed by atoms with Crippen molar-refractivity contribution in [2.45, 2.75) is 19.4 Å². The zero-order chi connectivity index (χ0) is 14.0. The van der Waals surface area contributed by atoms with Crippen molar-refractivity contribution in [1.29, 1.82) is 0 Å². The maximum absolute atomic E-state index is 11.4. The third kappa shape index (κ3) is 2.66. The Labute approximate surface area is 112 Å². The van der Waals surface area contributed by atoms with E-state index in [-0.39, 0.29) is 5.56 Å². The van der Waals surface area contributed by atoms with E-state index in [0.29, 0.717) is 11.1 Å². The van der Waals surface area contributed by atoms with E-state index in [1.165, 1.54) is 0 Å². The van der Waals surface area contributed by atoms with Crippen molar-refractivity contribution in [3.63, 3.8) is 0 Å². The Morgan fingerprint density at radius 1 is 1.00 bits per heavy atom. The highest BCUT2D eigenvalue weighted by atomic mass is 16.4. The number of rotatable bonds is 3. The molecular weight excluding hydrogens is 240 g/mol. The van der Waals surface area contributed by atoms with Crippen molar-refractivity contribution < 1.29 is 15.0 Å². The van der Waals surface area contributed by atoms with E-state index in [9.17, 15) is 15.0 Å². The van der Waals surface area contributed by atoms with Gasteiger partial charge in [-0.25, -0.2) is 4.79 Å². The standard InChI is InChI=1S/C16H16O3/c1-16(2,19)13-10-6-9-12(15(17)18)14(13)11-7-4-3-5-8-11/h3-10,19H,1-2H3,(H,17,18). The summed E-state index contributed by atoms with van der Waals surface area (Å²) in [6.07, 6.45) is 0. The predicted octanol–water partition coefficient (Wildman–Crippen LogP) is 3.28. The van der Waals surface area contributed by atoms with Gasteiger partial charge in [-0.1, -0.05) is 42.5 Å². The number of aliphatic hydroxyl groups is 1. The fraction of sp³-hybridized carbons (Fsp3) is 0.188. The summed E-state index contributed by atoms with van der Waals surface area (Å²) in [4.78, 5) is 11.4. The van der Waals surface area contributed by atoms with Crippen molar-refractivity contribution in [2.75, 3.05) is 0 Å². The first-order valence-electron chi connectivity index (χ1n) is 6.06. The molecular formula is C16H16O3. The van der Waals surface area contributed by atoms with Crippen LogP contribution in [-0.4, -0.2) is 16.2 Å². The molecule has 0 heterocycles. The van der Waals surface area contributed by atoms with Gasteiger partial charge in [0.25, 0.3) is 0 Å². The van der Waals surface area contributed by atoms with Crippen molar-refractivity contribution >= 4 is 5.97 Å². The number of carboxylic acid groups (broad SMARTS) is 1. The van der Waals surface area contributed by atoms with Gasteiger partial charge in [-0.15, -0.1) is 0 Å². The number of carbonyl (C=O) groups is 1. The summed E-state index contributed by atoms with van der Waals surface area (Å²) in [6, 6.07) is 14.2. The molecule has 3 heteroatoms. The summed E-state index contributed by atoms with van der Waals surface area (Å²) in [7, 11) is 0. The molecule has 19 heavy (non-hydrogen) atoms. The van der Waals surface area contributed by atoms with E-state index in [2.05, 4.69) is 0 Å². The van der Waals surface area contributed by atoms with Gasteiger partial charge < -0.3 is 10.2 Å². The van der Waals surface area contributed by atoms with Crippen LogP contribution in [-0.2, 0) is 5.60 Å². The van der Waals surface area contributed by atoms with Gasteiger partial charge in [0.2, 0.25) is 0 Å². The lowest BCUT2D eigenvalue weighted by Crippen LogP contribution is -2.18. The van der Waals surface area contributed by atoms with Crippen LogP contribution in [0.5, 0.6) is 0 Å². The number of benzene rings is 2. The molecule has 2 N–H and O–H groups in total. The van der Waals surface area contributed by atoms with E-state index in [0.717, 1.165) is 5.56 Å². The van der Waals surface area contributed by atoms with Crippen molar-refractivity contribution in [3.8, 4) is 11.1 Å². The molecule has 98 valence electrons. The zero-order valence-electron chi connectivity index (χ0n) is 10.9. The van der Waals surface area contributed by atoms with Crippen LogP contribution in [0.4, 0.5) is 0 Å². The van der Waals surface area contributed by atoms with E-state index < -0.39 is 11.6 Å². The molecule has 3 nitrogen and oxygen atoms in total. The minimum Gasteiger partial charge on any atom is -0.478 e. The van der Waals surface area contributed by atoms with Crippen LogP contribution in [0.2, 0.25) is 0 Å². The SMILES string of the molecule is CC(C)(O)c1cccc(C(=O)O)c1-c1ccccc1. The maximum Gasteiger partial charge on any atom is 0.336 e. The maximum atomic E-state index is 11.4. The van der Waals surface area contributed by atoms with Crippen molar-refractivity contribution in [1.82, 2.24) is 0 Å². The number of hydrogen-bond acceptors (Lipinski definition) is 2. The van der Waals surface area contributed by atoms with Crippen LogP contribution in [0.15, 0.2) is 48.5 Å². The van der Waals surface area contributed by atoms with Crippen LogP contribution < -0.4 is 0 Å². The van der Waals surface area contributed by atoms with Gasteiger partial charge in [0, 0.05) is 5.56 Å². The van der Waals surface area contributed by atoms with Crippen LogP contribution in [0, 0.1) is 0 Å². The summed E-state index contributed by atoms with van der Waals surface area (Å²) in [6.45, 7) is 3.31. The normalized spacial score (nSPS) is 11.3. The molecule has 0 aliphatic carbocycles. The van der Waals surface area contributed by atoms with Crippen molar-refractivity contribution in [3.05, 3.63) is 59.7 Å². The minimum absolute atomic E-state index is 0.200. The smallest absolute Gasteiger partial charge is 0.336 e. The molecule has 0 aliphatic heterocycles. The first-order valence-corrected chi connectivity index (χ1v) is 6.06. The van der Waals surface area contributed by atoms with Crippen LogP contribution in [0.3, 0.4) is 0 Å². The Hall–Kier alpha value is -2.13. The summed E-state index contributed by atoms with van der Waals surface area (Å²) in [5.74, 6) is -0.995. The summed E-state index contributed by atoms with van der Waals surface area (Å²) in [5, 5.41) is 19.6. The van der Waals surface area contributed by atoms with Gasteiger partial charge in [-0.05, 0) is 31.0 Å². The van der Waals surface area contributed by atoms with Crippen molar-refractivity contribution in [2.24, 2.45) is 0 Å². The number of aromatic carboxylic acids is 1. The summed E-state index contributed by atoms with van der Waals surface area (Å²) >= 11 is 0. The lowest BCUT2D eigenvalue weighted by atomic mass is 9.86. The second kappa shape index (κ2) is 4.86. The Morgan fingerprint density at radius 2 is 1.63 bits per heavy atom. The fourth-order valence-corrected chi connectivity index (χ4v) is 2.16. The molecule has 2 aromatic carbocycles. The Balaban J connectivity index is 2.78. The molecule has 0 unspecified atom stereocenters. The van der Waals surface area contributed by atoms with Crippen LogP contribution in [0.25, 0.3) is 11.1 Å². The summed E-state index contributed by atoms with van der Waals surface area (Å²) in [5.41, 5.74) is 1.07. The Kier molecular flexibility index (Phi) is 3.40. The molecule has 0 atom stereocenters. The Bertz CT molecular complexity index is 595. The van der Waals surface area contributed by atoms with E-state index >= 15 is 0 Å². The lowest BCUT2D eigenvalue weighted by Gasteiger charge is -2.23. The van der Waals surface area contributed by atoms with Gasteiger partial charge in [-0.3, -0.25) is 0 Å². The molecule has 0 aromatic heterocycles. The third-order valence-electron chi connectivity index (χ3n) is 3.02. The second-order valence-electron chi connectivity index (χ2n) is 4.96. The molecule has 2 aromatic rings. The third-order valence-corrected chi connectivity index (χ3v) is 3.02. The fourth-order valence-electron chi connectivity index (χ4n) is 2.16. The largest absolute Gasteiger partial charge is 0.478 e. The van der Waals surface area contributed by atoms with Crippen LogP contribution >= 0.6 is 0 Å². The first kappa shape index (κ1) is 13.3. The molecule has 0 radical (unpaired) electrons. The van der Waals surface area contributed by atoms with Gasteiger partial charge in [-0.2, -0.15) is 0 Å². The molecule has 0 fully saturated rings. The quantitative estimate of drug-likeness (QED) is 0.886. The molecule has 2 rings (SSSR count). The number of hydrogen-bond donors (Lipinski definition) is 2. The zero-order valence-corrected chi connectivity index (χ0v) is 10.9. The molecule has 0 aliphatic rings. The van der Waals surface area contributed by atoms with Gasteiger partial charge in [0.1, 0.15) is 0 Å². The molecule has 0 amide bonds. The lowest BCUT2D eigenvalue weighted by molar-refractivity contribution is 0.0695. The van der Waals surface area contributed by atoms with Gasteiger partial charge >= 0.3 is 5.97 Å². The van der Waals surface area contributed by atoms with Gasteiger partial charge in [0.05, 0.1) is 11.2 Å². The molecule has 0 bridgehead atoms. The predicted molar refractivity (Wildman–Crippen MR) is 74.1 cm³/mol. The molecule has 0 spiro atoms. The Morgan fingerprint density at radius 3 is 2.16 bits per heavy atom. The second-order valence-corrected chi connectivity index (χ2v) is 4.96. The van der Waals surface area contributed by atoms with E-state index in [1.54, 1.807) is 32.0 Å². The average Bonchev–Trinajstić information content (AvgIpc) is 2.37. The van der Waals surface area contributed by atoms with Gasteiger partial charge in [0.15, 0.2) is 0 Å².